The molecule has 1 aliphatic carbocycles. The second-order valence-electron chi connectivity index (χ2n) is 5.81. The van der Waals surface area contributed by atoms with Crippen molar-refractivity contribution in [2.75, 3.05) is 6.54 Å². The summed E-state index contributed by atoms with van der Waals surface area (Å²) < 4.78 is 1.97. The predicted molar refractivity (Wildman–Crippen MR) is 80.3 cm³/mol. The molecule has 0 amide bonds. The van der Waals surface area contributed by atoms with Gasteiger partial charge in [0.25, 0.3) is 0 Å². The molecule has 0 radical (unpaired) electrons. The zero-order valence-corrected chi connectivity index (χ0v) is 13.2. The fourth-order valence-electron chi connectivity index (χ4n) is 3.11. The van der Waals surface area contributed by atoms with Crippen molar-refractivity contribution in [3.63, 3.8) is 0 Å². The van der Waals surface area contributed by atoms with Crippen LogP contribution in [0.4, 0.5) is 0 Å². The Morgan fingerprint density at radius 2 is 2.19 bits per heavy atom. The molecule has 1 aliphatic rings. The zero-order valence-electron chi connectivity index (χ0n) is 13.2. The summed E-state index contributed by atoms with van der Waals surface area (Å²) in [5, 5.41) is 17.4. The van der Waals surface area contributed by atoms with Gasteiger partial charge in [-0.25, -0.2) is 9.67 Å². The molecule has 6 heteroatoms. The number of carboxylic acids is 1. The number of carboxylic acid groups (broad SMARTS) is 1. The Balaban J connectivity index is 2.20. The highest BCUT2D eigenvalue weighted by atomic mass is 16.4. The quantitative estimate of drug-likeness (QED) is 0.803. The average molecular weight is 294 g/mol. The van der Waals surface area contributed by atoms with E-state index < -0.39 is 11.5 Å². The summed E-state index contributed by atoms with van der Waals surface area (Å²) in [5.41, 5.74) is -0.802. The molecule has 1 heterocycles. The molecule has 0 aromatic carbocycles. The van der Waals surface area contributed by atoms with Gasteiger partial charge in [0.2, 0.25) is 0 Å². The van der Waals surface area contributed by atoms with E-state index in [2.05, 4.69) is 29.2 Å². The fraction of sp³-hybridized carbons (Fsp3) is 0.800. The second kappa shape index (κ2) is 6.56. The standard InChI is InChI=1S/C15H26N4O2/c1-4-9-16-15(14(20)21)8-7-11(10-15)19-13(6-3)17-12(5-2)18-19/h11,16H,4-10H2,1-3H3,(H,20,21). The highest BCUT2D eigenvalue weighted by molar-refractivity contribution is 5.79. The van der Waals surface area contributed by atoms with E-state index in [1.54, 1.807) is 0 Å². The molecule has 6 nitrogen and oxygen atoms in total. The molecule has 2 N–H and O–H groups in total. The number of nitrogens with one attached hydrogen (secondary N) is 1. The lowest BCUT2D eigenvalue weighted by Crippen LogP contribution is -2.50. The van der Waals surface area contributed by atoms with E-state index in [0.29, 0.717) is 12.8 Å². The fourth-order valence-corrected chi connectivity index (χ4v) is 3.11. The third kappa shape index (κ3) is 3.10. The van der Waals surface area contributed by atoms with Gasteiger partial charge in [0.1, 0.15) is 11.4 Å². The minimum absolute atomic E-state index is 0.133. The third-order valence-corrected chi connectivity index (χ3v) is 4.34. The largest absolute Gasteiger partial charge is 0.480 e. The van der Waals surface area contributed by atoms with Gasteiger partial charge in [0.15, 0.2) is 5.82 Å². The summed E-state index contributed by atoms with van der Waals surface area (Å²) in [5.74, 6) is 1.07. The van der Waals surface area contributed by atoms with Crippen LogP contribution in [0.1, 0.15) is 64.1 Å². The monoisotopic (exact) mass is 294 g/mol. The molecule has 0 saturated heterocycles. The van der Waals surface area contributed by atoms with Crippen molar-refractivity contribution in [3.8, 4) is 0 Å². The normalized spacial score (nSPS) is 25.4. The number of carbonyl (C=O) groups is 1. The number of hydrogen-bond donors (Lipinski definition) is 2. The minimum atomic E-state index is -0.802. The van der Waals surface area contributed by atoms with Gasteiger partial charge in [-0.3, -0.25) is 4.79 Å². The molecule has 0 bridgehead atoms. The number of nitrogens with zero attached hydrogens (tertiary/aromatic N) is 3. The van der Waals surface area contributed by atoms with Gasteiger partial charge in [-0.15, -0.1) is 0 Å². The molecule has 2 atom stereocenters. The van der Waals surface area contributed by atoms with Gasteiger partial charge in [-0.05, 0) is 32.2 Å². The van der Waals surface area contributed by atoms with E-state index in [-0.39, 0.29) is 6.04 Å². The van der Waals surface area contributed by atoms with Crippen molar-refractivity contribution >= 4 is 5.97 Å². The molecular weight excluding hydrogens is 268 g/mol. The lowest BCUT2D eigenvalue weighted by Gasteiger charge is -2.26. The van der Waals surface area contributed by atoms with E-state index in [1.165, 1.54) is 0 Å². The van der Waals surface area contributed by atoms with E-state index in [1.807, 2.05) is 11.6 Å². The van der Waals surface area contributed by atoms with Crippen molar-refractivity contribution in [2.24, 2.45) is 0 Å². The van der Waals surface area contributed by atoms with E-state index in [9.17, 15) is 9.90 Å². The second-order valence-corrected chi connectivity index (χ2v) is 5.81. The number of aliphatic carboxylic acids is 1. The highest BCUT2D eigenvalue weighted by Crippen LogP contribution is 2.38. The molecule has 0 aliphatic heterocycles. The summed E-state index contributed by atoms with van der Waals surface area (Å²) in [6.07, 6.45) is 4.64. The van der Waals surface area contributed by atoms with Gasteiger partial charge < -0.3 is 10.4 Å². The molecular formula is C15H26N4O2. The first-order valence-electron chi connectivity index (χ1n) is 7.99. The smallest absolute Gasteiger partial charge is 0.323 e. The Kier molecular flexibility index (Phi) is 4.98. The third-order valence-electron chi connectivity index (χ3n) is 4.34. The first-order chi connectivity index (χ1) is 10.1. The summed E-state index contributed by atoms with van der Waals surface area (Å²) in [7, 11) is 0. The Bertz CT molecular complexity index is 500. The maximum atomic E-state index is 11.7. The summed E-state index contributed by atoms with van der Waals surface area (Å²) in [4.78, 5) is 16.2. The lowest BCUT2D eigenvalue weighted by molar-refractivity contribution is -0.144. The molecule has 2 rings (SSSR count). The molecule has 118 valence electrons. The van der Waals surface area contributed by atoms with Crippen LogP contribution in [0.3, 0.4) is 0 Å². The molecule has 21 heavy (non-hydrogen) atoms. The van der Waals surface area contributed by atoms with Crippen LogP contribution < -0.4 is 5.32 Å². The molecule has 2 unspecified atom stereocenters. The van der Waals surface area contributed by atoms with Gasteiger partial charge in [-0.1, -0.05) is 20.8 Å². The maximum Gasteiger partial charge on any atom is 0.323 e. The van der Waals surface area contributed by atoms with Crippen molar-refractivity contribution in [1.29, 1.82) is 0 Å². The number of aromatic nitrogens is 3. The van der Waals surface area contributed by atoms with Gasteiger partial charge in [0, 0.05) is 12.8 Å². The van der Waals surface area contributed by atoms with Crippen molar-refractivity contribution in [3.05, 3.63) is 11.6 Å². The van der Waals surface area contributed by atoms with Gasteiger partial charge in [0.05, 0.1) is 6.04 Å². The van der Waals surface area contributed by atoms with Crippen LogP contribution in [0.5, 0.6) is 0 Å². The number of hydrogen-bond acceptors (Lipinski definition) is 4. The Morgan fingerprint density at radius 3 is 2.76 bits per heavy atom. The van der Waals surface area contributed by atoms with Crippen LogP contribution in [-0.4, -0.2) is 37.9 Å². The topological polar surface area (TPSA) is 80.0 Å². The molecule has 0 spiro atoms. The molecule has 1 aromatic heterocycles. The van der Waals surface area contributed by atoms with Crippen LogP contribution in [-0.2, 0) is 17.6 Å². The van der Waals surface area contributed by atoms with Gasteiger partial charge in [-0.2, -0.15) is 5.10 Å². The lowest BCUT2D eigenvalue weighted by atomic mass is 9.97. The Hall–Kier alpha value is -1.43. The average Bonchev–Trinajstić information content (AvgIpc) is 3.09. The van der Waals surface area contributed by atoms with Gasteiger partial charge >= 0.3 is 5.97 Å². The molecule has 1 aromatic rings. The van der Waals surface area contributed by atoms with E-state index in [0.717, 1.165) is 43.9 Å². The van der Waals surface area contributed by atoms with Crippen LogP contribution in [0.25, 0.3) is 0 Å². The van der Waals surface area contributed by atoms with Crippen molar-refractivity contribution in [1.82, 2.24) is 20.1 Å². The summed E-state index contributed by atoms with van der Waals surface area (Å²) in [6.45, 7) is 6.89. The molecule has 1 fully saturated rings. The Morgan fingerprint density at radius 1 is 1.43 bits per heavy atom. The predicted octanol–water partition coefficient (Wildman–Crippen LogP) is 1.95. The zero-order chi connectivity index (χ0) is 15.5. The van der Waals surface area contributed by atoms with Crippen LogP contribution >= 0.6 is 0 Å². The van der Waals surface area contributed by atoms with Crippen molar-refractivity contribution in [2.45, 2.75) is 70.9 Å². The van der Waals surface area contributed by atoms with Crippen LogP contribution in [0.15, 0.2) is 0 Å². The first-order valence-corrected chi connectivity index (χ1v) is 7.99. The SMILES string of the molecule is CCCNC1(C(=O)O)CCC(n2nc(CC)nc2CC)C1. The number of aryl methyl sites for hydroxylation is 2. The molecule has 1 saturated carbocycles. The number of rotatable bonds is 7. The highest BCUT2D eigenvalue weighted by Gasteiger charge is 2.46. The minimum Gasteiger partial charge on any atom is -0.480 e. The van der Waals surface area contributed by atoms with Crippen molar-refractivity contribution < 1.29 is 9.90 Å². The maximum absolute atomic E-state index is 11.7. The van der Waals surface area contributed by atoms with Crippen LogP contribution in [0.2, 0.25) is 0 Å². The summed E-state index contributed by atoms with van der Waals surface area (Å²) in [6, 6.07) is 0.133. The first kappa shape index (κ1) is 15.9. The summed E-state index contributed by atoms with van der Waals surface area (Å²) >= 11 is 0. The van der Waals surface area contributed by atoms with E-state index in [4.69, 9.17) is 0 Å². The van der Waals surface area contributed by atoms with E-state index >= 15 is 0 Å². The Labute approximate surface area is 126 Å². The van der Waals surface area contributed by atoms with Crippen LogP contribution in [0, 0.1) is 0 Å².